The van der Waals surface area contributed by atoms with Gasteiger partial charge in [0.05, 0.1) is 14.2 Å². The molecule has 0 heterocycles. The van der Waals surface area contributed by atoms with Crippen LogP contribution in [-0.2, 0) is 0 Å². The molecule has 1 fully saturated rings. The van der Waals surface area contributed by atoms with Crippen LogP contribution in [0.5, 0.6) is 0 Å². The molecule has 0 saturated heterocycles. The van der Waals surface area contributed by atoms with Crippen LogP contribution < -0.4 is 5.19 Å². The van der Waals surface area contributed by atoms with Gasteiger partial charge in [0, 0.05) is 5.92 Å². The third-order valence-electron chi connectivity index (χ3n) is 4.27. The maximum Gasteiger partial charge on any atom is 0.0843 e. The summed E-state index contributed by atoms with van der Waals surface area (Å²) in [5, 5.41) is 11.6. The van der Waals surface area contributed by atoms with Crippen molar-refractivity contribution in [1.82, 2.24) is 0 Å². The Kier molecular flexibility index (Phi) is 4.64. The Morgan fingerprint density at radius 3 is 2.47 bits per heavy atom. The highest BCUT2D eigenvalue weighted by Crippen LogP contribution is 2.36. The SMILES string of the molecule is CC(/C=C/C[Si](C)(C)c1ccccc1)C(O)C1CC1. The summed E-state index contributed by atoms with van der Waals surface area (Å²) in [7, 11) is -1.36. The van der Waals surface area contributed by atoms with Crippen LogP contribution in [0.3, 0.4) is 0 Å². The van der Waals surface area contributed by atoms with Crippen molar-refractivity contribution in [2.45, 2.75) is 45.0 Å². The monoisotopic (exact) mass is 274 g/mol. The second-order valence-corrected chi connectivity index (χ2v) is 11.3. The lowest BCUT2D eigenvalue weighted by Gasteiger charge is -2.21. The van der Waals surface area contributed by atoms with E-state index >= 15 is 0 Å². The van der Waals surface area contributed by atoms with Gasteiger partial charge in [-0.2, -0.15) is 0 Å². The van der Waals surface area contributed by atoms with Gasteiger partial charge in [0.15, 0.2) is 0 Å². The summed E-state index contributed by atoms with van der Waals surface area (Å²) in [4.78, 5) is 0. The van der Waals surface area contributed by atoms with Gasteiger partial charge in [-0.25, -0.2) is 0 Å². The fourth-order valence-corrected chi connectivity index (χ4v) is 4.62. The number of benzene rings is 1. The van der Waals surface area contributed by atoms with Crippen LogP contribution in [0.4, 0.5) is 0 Å². The van der Waals surface area contributed by atoms with Gasteiger partial charge < -0.3 is 5.11 Å². The van der Waals surface area contributed by atoms with Crippen molar-refractivity contribution in [1.29, 1.82) is 0 Å². The predicted molar refractivity (Wildman–Crippen MR) is 85.4 cm³/mol. The average Bonchev–Trinajstić information content (AvgIpc) is 3.23. The highest BCUT2D eigenvalue weighted by Gasteiger charge is 2.32. The summed E-state index contributed by atoms with van der Waals surface area (Å²) < 4.78 is 0. The van der Waals surface area contributed by atoms with Crippen LogP contribution in [-0.4, -0.2) is 19.3 Å². The Bertz CT molecular complexity index is 420. The molecule has 0 amide bonds. The summed E-state index contributed by atoms with van der Waals surface area (Å²) in [6.07, 6.45) is 6.82. The second kappa shape index (κ2) is 6.06. The van der Waals surface area contributed by atoms with Crippen LogP contribution >= 0.6 is 0 Å². The molecule has 0 aliphatic heterocycles. The molecule has 104 valence electrons. The van der Waals surface area contributed by atoms with Gasteiger partial charge in [0.25, 0.3) is 0 Å². The summed E-state index contributed by atoms with van der Waals surface area (Å²) >= 11 is 0. The standard InChI is InChI=1S/C17H26OSi/c1-14(17(18)15-11-12-15)8-7-13-19(2,3)16-9-5-4-6-10-16/h4-10,14-15,17-18H,11-13H2,1-3H3/b8-7+. The molecular weight excluding hydrogens is 248 g/mol. The number of rotatable bonds is 6. The van der Waals surface area contributed by atoms with Crippen LogP contribution in [0.15, 0.2) is 42.5 Å². The van der Waals surface area contributed by atoms with Crippen molar-refractivity contribution < 1.29 is 5.11 Å². The molecule has 1 aliphatic carbocycles. The van der Waals surface area contributed by atoms with Gasteiger partial charge in [-0.05, 0) is 24.8 Å². The molecule has 2 atom stereocenters. The maximum atomic E-state index is 10.1. The van der Waals surface area contributed by atoms with Gasteiger partial charge in [0.1, 0.15) is 0 Å². The largest absolute Gasteiger partial charge is 0.392 e. The number of hydrogen-bond donors (Lipinski definition) is 1. The summed E-state index contributed by atoms with van der Waals surface area (Å²) in [6, 6.07) is 12.0. The van der Waals surface area contributed by atoms with Crippen LogP contribution in [0, 0.1) is 11.8 Å². The van der Waals surface area contributed by atoms with Gasteiger partial charge in [-0.3, -0.25) is 0 Å². The Morgan fingerprint density at radius 2 is 1.89 bits per heavy atom. The molecule has 2 rings (SSSR count). The first-order valence-corrected chi connectivity index (χ1v) is 10.6. The van der Waals surface area contributed by atoms with E-state index in [1.165, 1.54) is 18.0 Å². The molecule has 1 saturated carbocycles. The van der Waals surface area contributed by atoms with Gasteiger partial charge >= 0.3 is 0 Å². The Hall–Kier alpha value is -0.863. The van der Waals surface area contributed by atoms with E-state index in [1.807, 2.05) is 0 Å². The van der Waals surface area contributed by atoms with Crippen LogP contribution in [0.1, 0.15) is 19.8 Å². The molecular formula is C17H26OSi. The lowest BCUT2D eigenvalue weighted by atomic mass is 10.0. The predicted octanol–water partition coefficient (Wildman–Crippen LogP) is 3.57. The molecule has 1 aromatic carbocycles. The highest BCUT2D eigenvalue weighted by molar-refractivity contribution is 6.90. The Labute approximate surface area is 118 Å². The lowest BCUT2D eigenvalue weighted by Crippen LogP contribution is -2.40. The van der Waals surface area contributed by atoms with Gasteiger partial charge in [-0.1, -0.05) is 67.7 Å². The quantitative estimate of drug-likeness (QED) is 0.621. The third kappa shape index (κ3) is 4.05. The maximum absolute atomic E-state index is 10.1. The minimum atomic E-state index is -1.36. The van der Waals surface area contributed by atoms with E-state index in [9.17, 15) is 5.11 Å². The second-order valence-electron chi connectivity index (χ2n) is 6.57. The van der Waals surface area contributed by atoms with Crippen molar-refractivity contribution in [3.8, 4) is 0 Å². The van der Waals surface area contributed by atoms with Crippen molar-refractivity contribution >= 4 is 13.3 Å². The zero-order valence-corrected chi connectivity index (χ0v) is 13.3. The van der Waals surface area contributed by atoms with E-state index in [-0.39, 0.29) is 6.10 Å². The number of allylic oxidation sites excluding steroid dienone is 1. The molecule has 0 bridgehead atoms. The van der Waals surface area contributed by atoms with E-state index in [0.717, 1.165) is 6.04 Å². The van der Waals surface area contributed by atoms with Gasteiger partial charge in [-0.15, -0.1) is 0 Å². The zero-order valence-electron chi connectivity index (χ0n) is 12.3. The normalized spacial score (nSPS) is 19.6. The summed E-state index contributed by atoms with van der Waals surface area (Å²) in [5.41, 5.74) is 0. The minimum absolute atomic E-state index is 0.127. The van der Waals surface area contributed by atoms with Crippen LogP contribution in [0.25, 0.3) is 0 Å². The Balaban J connectivity index is 1.90. The molecule has 0 aromatic heterocycles. The first-order chi connectivity index (χ1) is 9.00. The average molecular weight is 274 g/mol. The summed E-state index contributed by atoms with van der Waals surface area (Å²) in [5.74, 6) is 0.868. The smallest absolute Gasteiger partial charge is 0.0843 e. The summed E-state index contributed by atoms with van der Waals surface area (Å²) in [6.45, 7) is 6.96. The molecule has 1 aromatic rings. The zero-order chi connectivity index (χ0) is 13.9. The van der Waals surface area contributed by atoms with E-state index in [4.69, 9.17) is 0 Å². The number of hydrogen-bond acceptors (Lipinski definition) is 1. The Morgan fingerprint density at radius 1 is 1.26 bits per heavy atom. The molecule has 1 N–H and O–H groups in total. The van der Waals surface area contributed by atoms with Gasteiger partial charge in [0.2, 0.25) is 0 Å². The molecule has 19 heavy (non-hydrogen) atoms. The first kappa shape index (κ1) is 14.5. The molecule has 0 radical (unpaired) electrons. The van der Waals surface area contributed by atoms with Crippen molar-refractivity contribution in [2.24, 2.45) is 11.8 Å². The topological polar surface area (TPSA) is 20.2 Å². The van der Waals surface area contributed by atoms with Crippen molar-refractivity contribution in [3.05, 3.63) is 42.5 Å². The minimum Gasteiger partial charge on any atom is -0.392 e. The molecule has 2 heteroatoms. The lowest BCUT2D eigenvalue weighted by molar-refractivity contribution is 0.115. The van der Waals surface area contributed by atoms with E-state index in [1.54, 1.807) is 0 Å². The van der Waals surface area contributed by atoms with Crippen molar-refractivity contribution in [2.75, 3.05) is 0 Å². The van der Waals surface area contributed by atoms with E-state index in [2.05, 4.69) is 62.5 Å². The van der Waals surface area contributed by atoms with E-state index in [0.29, 0.717) is 11.8 Å². The first-order valence-electron chi connectivity index (χ1n) is 7.41. The highest BCUT2D eigenvalue weighted by atomic mass is 28.3. The molecule has 1 nitrogen and oxygen atoms in total. The number of aliphatic hydroxyl groups excluding tert-OH is 1. The fourth-order valence-electron chi connectivity index (χ4n) is 2.57. The molecule has 1 aliphatic rings. The molecule has 0 spiro atoms. The molecule has 2 unspecified atom stereocenters. The van der Waals surface area contributed by atoms with Crippen LogP contribution in [0.2, 0.25) is 19.1 Å². The number of aliphatic hydroxyl groups is 1. The third-order valence-corrected chi connectivity index (χ3v) is 7.42. The van der Waals surface area contributed by atoms with Crippen molar-refractivity contribution in [3.63, 3.8) is 0 Å². The van der Waals surface area contributed by atoms with E-state index < -0.39 is 8.07 Å². The fraction of sp³-hybridized carbons (Fsp3) is 0.529.